The first-order chi connectivity index (χ1) is 7.49. The van der Waals surface area contributed by atoms with Gasteiger partial charge in [-0.2, -0.15) is 0 Å². The summed E-state index contributed by atoms with van der Waals surface area (Å²) in [7, 11) is 23.3. The van der Waals surface area contributed by atoms with Gasteiger partial charge in [-0.15, -0.1) is 10.9 Å². The van der Waals surface area contributed by atoms with E-state index in [0.29, 0.717) is 27.7 Å². The number of hydrogen-bond donors (Lipinski definition) is 0. The minimum atomic E-state index is 0.259. The molecule has 8 radical (unpaired) electrons. The summed E-state index contributed by atoms with van der Waals surface area (Å²) in [6.45, 7) is 5.52. The van der Waals surface area contributed by atoms with Crippen LogP contribution in [0.1, 0.15) is 11.3 Å². The van der Waals surface area contributed by atoms with Crippen molar-refractivity contribution in [1.29, 1.82) is 0 Å². The van der Waals surface area contributed by atoms with Crippen LogP contribution in [0.15, 0.2) is 11.0 Å². The molecule has 0 bridgehead atoms. The predicted octanol–water partition coefficient (Wildman–Crippen LogP) is -1.44. The lowest BCUT2D eigenvalue weighted by Crippen LogP contribution is -2.47. The third-order valence-electron chi connectivity index (χ3n) is 2.72. The molecular formula is C11H6B4O. The molecule has 5 heteroatoms. The van der Waals surface area contributed by atoms with Crippen molar-refractivity contribution in [3.63, 3.8) is 0 Å². The quantitative estimate of drug-likeness (QED) is 0.511. The molecule has 0 unspecified atom stereocenters. The maximum absolute atomic E-state index is 5.91. The van der Waals surface area contributed by atoms with Crippen molar-refractivity contribution in [3.8, 4) is 0 Å². The summed E-state index contributed by atoms with van der Waals surface area (Å²) >= 11 is 0. The van der Waals surface area contributed by atoms with Gasteiger partial charge < -0.3 is 4.42 Å². The molecule has 0 aliphatic carbocycles. The first kappa shape index (κ1) is 11.3. The van der Waals surface area contributed by atoms with E-state index in [4.69, 9.17) is 35.8 Å². The molecule has 0 N–H and O–H groups in total. The van der Waals surface area contributed by atoms with Gasteiger partial charge in [0, 0.05) is 10.9 Å². The number of aryl methyl sites for hydroxylation is 1. The van der Waals surface area contributed by atoms with Gasteiger partial charge in [0.15, 0.2) is 0 Å². The second kappa shape index (κ2) is 3.65. The van der Waals surface area contributed by atoms with Crippen molar-refractivity contribution < 1.29 is 4.42 Å². The molecule has 0 saturated carbocycles. The maximum atomic E-state index is 5.91. The van der Waals surface area contributed by atoms with Crippen molar-refractivity contribution in [3.05, 3.63) is 17.9 Å². The first-order valence-corrected chi connectivity index (χ1v) is 4.76. The van der Waals surface area contributed by atoms with Crippen LogP contribution in [-0.4, -0.2) is 31.4 Å². The van der Waals surface area contributed by atoms with E-state index in [-0.39, 0.29) is 10.9 Å². The highest BCUT2D eigenvalue weighted by Gasteiger charge is 2.15. The topological polar surface area (TPSA) is 13.1 Å². The lowest BCUT2D eigenvalue weighted by molar-refractivity contribution is 0.580. The Bertz CT molecular complexity index is 598. The Kier molecular flexibility index (Phi) is 2.57. The number of furan rings is 1. The zero-order valence-electron chi connectivity index (χ0n) is 9.00. The predicted molar refractivity (Wildman–Crippen MR) is 72.6 cm³/mol. The molecule has 0 aliphatic rings. The Balaban J connectivity index is 3.08. The van der Waals surface area contributed by atoms with Gasteiger partial charge in [0.25, 0.3) is 0 Å². The summed E-state index contributed by atoms with van der Waals surface area (Å²) in [6, 6.07) is 0. The molecule has 0 fully saturated rings. The zero-order valence-corrected chi connectivity index (χ0v) is 9.00. The molecule has 16 heavy (non-hydrogen) atoms. The van der Waals surface area contributed by atoms with E-state index >= 15 is 0 Å². The van der Waals surface area contributed by atoms with E-state index in [0.717, 1.165) is 5.56 Å². The molecule has 1 aromatic heterocycles. The smallest absolute Gasteiger partial charge is 0.126 e. The van der Waals surface area contributed by atoms with Crippen LogP contribution in [0.3, 0.4) is 0 Å². The number of benzene rings is 1. The highest BCUT2D eigenvalue weighted by atomic mass is 16.3. The second-order valence-corrected chi connectivity index (χ2v) is 3.63. The Morgan fingerprint density at radius 2 is 1.56 bits per heavy atom. The monoisotopic (exact) mass is 198 g/mol. The molecule has 0 amide bonds. The lowest BCUT2D eigenvalue weighted by atomic mass is 9.65. The van der Waals surface area contributed by atoms with Gasteiger partial charge in [-0.1, -0.05) is 23.6 Å². The van der Waals surface area contributed by atoms with E-state index in [1.807, 2.05) is 6.92 Å². The third-order valence-corrected chi connectivity index (χ3v) is 2.72. The van der Waals surface area contributed by atoms with Crippen LogP contribution in [-0.2, 0) is 0 Å². The number of rotatable bonds is 1. The fourth-order valence-electron chi connectivity index (χ4n) is 1.81. The SMILES string of the molecule is [B]c1c([B])c([B])c2c(C=C)c(C)oc2c1[B]. The molecular weight excluding hydrogens is 191 g/mol. The summed E-state index contributed by atoms with van der Waals surface area (Å²) in [5, 5.41) is 0.678. The second-order valence-electron chi connectivity index (χ2n) is 3.63. The summed E-state index contributed by atoms with van der Waals surface area (Å²) in [5.41, 5.74) is 2.51. The molecule has 68 valence electrons. The number of hydrogen-bond acceptors (Lipinski definition) is 1. The maximum Gasteiger partial charge on any atom is 0.126 e. The van der Waals surface area contributed by atoms with Crippen LogP contribution in [0.2, 0.25) is 0 Å². The van der Waals surface area contributed by atoms with Crippen LogP contribution in [0.4, 0.5) is 0 Å². The normalized spacial score (nSPS) is 10.8. The average Bonchev–Trinajstić information content (AvgIpc) is 2.60. The van der Waals surface area contributed by atoms with Crippen molar-refractivity contribution >= 4 is 70.3 Å². The Labute approximate surface area is 99.9 Å². The Hall–Kier alpha value is -1.24. The fourth-order valence-corrected chi connectivity index (χ4v) is 1.81. The Morgan fingerprint density at radius 1 is 1.00 bits per heavy atom. The van der Waals surface area contributed by atoms with E-state index < -0.39 is 0 Å². The van der Waals surface area contributed by atoms with Gasteiger partial charge in [0.1, 0.15) is 42.7 Å². The summed E-state index contributed by atoms with van der Waals surface area (Å²) in [5.74, 6) is 0.688. The standard InChI is InChI=1S/C11H6B4O/c1-3-5-4(2)16-11-6(5)7(12)8(13)9(14)10(11)15/h3H,1H2,2H3. The van der Waals surface area contributed by atoms with Crippen LogP contribution in [0.25, 0.3) is 17.0 Å². The molecule has 2 rings (SSSR count). The lowest BCUT2D eigenvalue weighted by Gasteiger charge is -2.12. The van der Waals surface area contributed by atoms with E-state index in [9.17, 15) is 0 Å². The number of fused-ring (bicyclic) bond motifs is 1. The van der Waals surface area contributed by atoms with E-state index in [1.165, 1.54) is 0 Å². The molecule has 0 spiro atoms. The molecule has 2 aromatic rings. The highest BCUT2D eigenvalue weighted by molar-refractivity contribution is 6.66. The van der Waals surface area contributed by atoms with Gasteiger partial charge in [-0.05, 0) is 6.92 Å². The minimum Gasteiger partial charge on any atom is -0.461 e. The average molecular weight is 197 g/mol. The molecule has 1 heterocycles. The molecule has 1 nitrogen and oxygen atoms in total. The highest BCUT2D eigenvalue weighted by Crippen LogP contribution is 2.22. The van der Waals surface area contributed by atoms with Gasteiger partial charge in [-0.3, -0.25) is 0 Å². The minimum absolute atomic E-state index is 0.259. The molecule has 1 aromatic carbocycles. The van der Waals surface area contributed by atoms with Gasteiger partial charge in [-0.25, -0.2) is 0 Å². The molecule has 0 aliphatic heterocycles. The van der Waals surface area contributed by atoms with Gasteiger partial charge in [0.05, 0.1) is 0 Å². The zero-order chi connectivity index (χ0) is 12.0. The van der Waals surface area contributed by atoms with Crippen LogP contribution in [0.5, 0.6) is 0 Å². The summed E-state index contributed by atoms with van der Waals surface area (Å²) in [4.78, 5) is 0. The third kappa shape index (κ3) is 1.31. The largest absolute Gasteiger partial charge is 0.461 e. The van der Waals surface area contributed by atoms with E-state index in [2.05, 4.69) is 6.58 Å². The van der Waals surface area contributed by atoms with Crippen molar-refractivity contribution in [2.75, 3.05) is 0 Å². The van der Waals surface area contributed by atoms with Crippen molar-refractivity contribution in [1.82, 2.24) is 0 Å². The first-order valence-electron chi connectivity index (χ1n) is 4.76. The van der Waals surface area contributed by atoms with Crippen molar-refractivity contribution in [2.24, 2.45) is 0 Å². The van der Waals surface area contributed by atoms with Crippen molar-refractivity contribution in [2.45, 2.75) is 6.92 Å². The van der Waals surface area contributed by atoms with Crippen LogP contribution in [0, 0.1) is 6.92 Å². The molecule has 0 atom stereocenters. The van der Waals surface area contributed by atoms with Crippen LogP contribution < -0.4 is 21.9 Å². The molecule has 0 saturated heterocycles. The Morgan fingerprint density at radius 3 is 2.12 bits per heavy atom. The summed E-state index contributed by atoms with van der Waals surface area (Å²) in [6.07, 6.45) is 1.66. The fraction of sp³-hybridized carbons (Fsp3) is 0.0909. The van der Waals surface area contributed by atoms with Crippen LogP contribution >= 0.6 is 0 Å². The summed E-state index contributed by atoms with van der Waals surface area (Å²) < 4.78 is 5.53. The van der Waals surface area contributed by atoms with Gasteiger partial charge >= 0.3 is 0 Å². The van der Waals surface area contributed by atoms with Gasteiger partial charge in [0.2, 0.25) is 0 Å². The van der Waals surface area contributed by atoms with E-state index in [1.54, 1.807) is 6.08 Å².